The largest absolute Gasteiger partial charge is 0.326 e. The van der Waals surface area contributed by atoms with Crippen LogP contribution in [0.1, 0.15) is 22.0 Å². The number of carbonyl (C=O) groups excluding carboxylic acids is 1. The summed E-state index contributed by atoms with van der Waals surface area (Å²) in [5.74, 6) is 0.0228. The maximum atomic E-state index is 12.9. The molecule has 0 aliphatic rings. The maximum absolute atomic E-state index is 12.9. The number of hydrogen-bond acceptors (Lipinski definition) is 2. The Balaban J connectivity index is 1.91. The molecule has 0 bridgehead atoms. The molecule has 0 saturated carbocycles. The molecule has 0 spiro atoms. The number of ketones is 1. The molecule has 0 fully saturated rings. The van der Waals surface area contributed by atoms with Crippen molar-refractivity contribution >= 4 is 29.0 Å². The first-order valence-corrected chi connectivity index (χ1v) is 7.91. The predicted molar refractivity (Wildman–Crippen MR) is 92.2 cm³/mol. The third-order valence-corrected chi connectivity index (χ3v) is 4.16. The van der Waals surface area contributed by atoms with Gasteiger partial charge in [0.15, 0.2) is 5.78 Å². The van der Waals surface area contributed by atoms with E-state index < -0.39 is 0 Å². The van der Waals surface area contributed by atoms with Gasteiger partial charge in [-0.1, -0.05) is 35.3 Å². The molecule has 0 aliphatic heterocycles. The standard InChI is InChI=1S/C18H14Cl2N2O/c19-15-5-1-13(2-6-15)11-17(22-10-9-21-12-22)18(23)14-3-7-16(20)8-4-14/h1-10,12,17H,11H2. The van der Waals surface area contributed by atoms with Crippen molar-refractivity contribution in [1.82, 2.24) is 9.55 Å². The summed E-state index contributed by atoms with van der Waals surface area (Å²) in [6, 6.07) is 14.1. The van der Waals surface area contributed by atoms with E-state index in [9.17, 15) is 4.79 Å². The van der Waals surface area contributed by atoms with Crippen molar-refractivity contribution in [2.24, 2.45) is 0 Å². The number of Topliss-reactive ketones (excluding diaryl/α,β-unsaturated/α-hetero) is 1. The van der Waals surface area contributed by atoms with Crippen LogP contribution in [0, 0.1) is 0 Å². The predicted octanol–water partition coefficient (Wildman–Crippen LogP) is 4.86. The van der Waals surface area contributed by atoms with Crippen molar-refractivity contribution in [3.8, 4) is 0 Å². The minimum atomic E-state index is -0.361. The average molecular weight is 345 g/mol. The molecule has 0 radical (unpaired) electrons. The van der Waals surface area contributed by atoms with Gasteiger partial charge in [-0.15, -0.1) is 0 Å². The summed E-state index contributed by atoms with van der Waals surface area (Å²) >= 11 is 11.8. The van der Waals surface area contributed by atoms with E-state index in [-0.39, 0.29) is 11.8 Å². The van der Waals surface area contributed by atoms with E-state index in [0.717, 1.165) is 5.56 Å². The fourth-order valence-electron chi connectivity index (χ4n) is 2.44. The first-order valence-electron chi connectivity index (χ1n) is 7.15. The lowest BCUT2D eigenvalue weighted by molar-refractivity contribution is 0.0924. The second-order valence-corrected chi connectivity index (χ2v) is 6.10. The van der Waals surface area contributed by atoms with Gasteiger partial charge in [-0.2, -0.15) is 0 Å². The van der Waals surface area contributed by atoms with Gasteiger partial charge in [0, 0.05) is 34.4 Å². The summed E-state index contributed by atoms with van der Waals surface area (Å²) in [5, 5.41) is 1.29. The SMILES string of the molecule is O=C(c1ccc(Cl)cc1)C(Cc1ccc(Cl)cc1)n1ccnc1. The first kappa shape index (κ1) is 15.8. The number of nitrogens with zero attached hydrogens (tertiary/aromatic N) is 2. The molecule has 1 aromatic heterocycles. The molecule has 0 N–H and O–H groups in total. The fraction of sp³-hybridized carbons (Fsp3) is 0.111. The minimum absolute atomic E-state index is 0.0228. The van der Waals surface area contributed by atoms with Crippen molar-refractivity contribution in [3.05, 3.63) is 88.4 Å². The monoisotopic (exact) mass is 344 g/mol. The molecule has 1 heterocycles. The summed E-state index contributed by atoms with van der Waals surface area (Å²) in [7, 11) is 0. The van der Waals surface area contributed by atoms with Gasteiger partial charge in [0.05, 0.1) is 6.33 Å². The highest BCUT2D eigenvalue weighted by Gasteiger charge is 2.22. The van der Waals surface area contributed by atoms with Crippen molar-refractivity contribution < 1.29 is 4.79 Å². The Hall–Kier alpha value is -2.10. The zero-order valence-electron chi connectivity index (χ0n) is 12.2. The van der Waals surface area contributed by atoms with Crippen LogP contribution in [-0.4, -0.2) is 15.3 Å². The van der Waals surface area contributed by atoms with Gasteiger partial charge in [0.1, 0.15) is 6.04 Å². The highest BCUT2D eigenvalue weighted by atomic mass is 35.5. The first-order chi connectivity index (χ1) is 11.1. The van der Waals surface area contributed by atoms with Crippen LogP contribution in [0.5, 0.6) is 0 Å². The lowest BCUT2D eigenvalue weighted by Gasteiger charge is -2.18. The zero-order valence-corrected chi connectivity index (χ0v) is 13.7. The molecule has 23 heavy (non-hydrogen) atoms. The Morgan fingerprint density at radius 3 is 2.17 bits per heavy atom. The Morgan fingerprint density at radius 1 is 1.00 bits per heavy atom. The number of benzene rings is 2. The molecule has 2 aromatic carbocycles. The number of imidazole rings is 1. The number of halogens is 2. The number of rotatable bonds is 5. The molecule has 3 aromatic rings. The van der Waals surface area contributed by atoms with E-state index in [1.54, 1.807) is 43.0 Å². The van der Waals surface area contributed by atoms with Crippen LogP contribution in [0.2, 0.25) is 10.0 Å². The number of aromatic nitrogens is 2. The topological polar surface area (TPSA) is 34.9 Å². The third kappa shape index (κ3) is 3.81. The molecule has 1 atom stereocenters. The molecule has 1 unspecified atom stereocenters. The molecule has 0 amide bonds. The number of carbonyl (C=O) groups is 1. The fourth-order valence-corrected chi connectivity index (χ4v) is 2.69. The molecule has 0 saturated heterocycles. The Kier molecular flexibility index (Phi) is 4.79. The average Bonchev–Trinajstić information content (AvgIpc) is 3.08. The molecule has 3 rings (SSSR count). The Labute approximate surface area is 144 Å². The smallest absolute Gasteiger partial charge is 0.185 e. The van der Waals surface area contributed by atoms with Gasteiger partial charge >= 0.3 is 0 Å². The van der Waals surface area contributed by atoms with E-state index in [0.29, 0.717) is 22.0 Å². The van der Waals surface area contributed by atoms with Crippen molar-refractivity contribution in [3.63, 3.8) is 0 Å². The molecule has 116 valence electrons. The van der Waals surface area contributed by atoms with Crippen molar-refractivity contribution in [2.75, 3.05) is 0 Å². The minimum Gasteiger partial charge on any atom is -0.326 e. The zero-order chi connectivity index (χ0) is 16.2. The molecular formula is C18H14Cl2N2O. The second-order valence-electron chi connectivity index (χ2n) is 5.23. The quantitative estimate of drug-likeness (QED) is 0.619. The Morgan fingerprint density at radius 2 is 1.61 bits per heavy atom. The summed E-state index contributed by atoms with van der Waals surface area (Å²) in [6.45, 7) is 0. The highest BCUT2D eigenvalue weighted by molar-refractivity contribution is 6.30. The summed E-state index contributed by atoms with van der Waals surface area (Å²) < 4.78 is 1.82. The van der Waals surface area contributed by atoms with E-state index in [2.05, 4.69) is 4.98 Å². The molecule has 0 aliphatic carbocycles. The lowest BCUT2D eigenvalue weighted by atomic mass is 9.97. The van der Waals surface area contributed by atoms with E-state index in [1.807, 2.05) is 28.8 Å². The summed E-state index contributed by atoms with van der Waals surface area (Å²) in [6.07, 6.45) is 5.70. The summed E-state index contributed by atoms with van der Waals surface area (Å²) in [4.78, 5) is 17.0. The second kappa shape index (κ2) is 6.99. The van der Waals surface area contributed by atoms with Crippen LogP contribution in [0.15, 0.2) is 67.3 Å². The van der Waals surface area contributed by atoms with Crippen LogP contribution in [0.4, 0.5) is 0 Å². The van der Waals surface area contributed by atoms with Crippen molar-refractivity contribution in [2.45, 2.75) is 12.5 Å². The molecular weight excluding hydrogens is 331 g/mol. The number of hydrogen-bond donors (Lipinski definition) is 0. The van der Waals surface area contributed by atoms with Crippen molar-refractivity contribution in [1.29, 1.82) is 0 Å². The van der Waals surface area contributed by atoms with Crippen LogP contribution >= 0.6 is 23.2 Å². The van der Waals surface area contributed by atoms with E-state index in [1.165, 1.54) is 0 Å². The van der Waals surface area contributed by atoms with Crippen LogP contribution in [-0.2, 0) is 6.42 Å². The van der Waals surface area contributed by atoms with Gasteiger partial charge < -0.3 is 4.57 Å². The van der Waals surface area contributed by atoms with Crippen LogP contribution < -0.4 is 0 Å². The van der Waals surface area contributed by atoms with Gasteiger partial charge in [-0.25, -0.2) is 4.98 Å². The molecule has 3 nitrogen and oxygen atoms in total. The van der Waals surface area contributed by atoms with Gasteiger partial charge in [0.2, 0.25) is 0 Å². The normalized spacial score (nSPS) is 12.1. The van der Waals surface area contributed by atoms with Crippen LogP contribution in [0.3, 0.4) is 0 Å². The third-order valence-electron chi connectivity index (χ3n) is 3.66. The summed E-state index contributed by atoms with van der Waals surface area (Å²) in [5.41, 5.74) is 1.66. The molecule has 5 heteroatoms. The van der Waals surface area contributed by atoms with Gasteiger partial charge in [-0.3, -0.25) is 4.79 Å². The lowest BCUT2D eigenvalue weighted by Crippen LogP contribution is -2.21. The van der Waals surface area contributed by atoms with Gasteiger partial charge in [-0.05, 0) is 42.0 Å². The van der Waals surface area contributed by atoms with E-state index in [4.69, 9.17) is 23.2 Å². The Bertz CT molecular complexity index is 781. The van der Waals surface area contributed by atoms with Gasteiger partial charge in [0.25, 0.3) is 0 Å². The highest BCUT2D eigenvalue weighted by Crippen LogP contribution is 2.22. The van der Waals surface area contributed by atoms with E-state index >= 15 is 0 Å². The maximum Gasteiger partial charge on any atom is 0.185 e. The van der Waals surface area contributed by atoms with Crippen LogP contribution in [0.25, 0.3) is 0 Å².